The highest BCUT2D eigenvalue weighted by molar-refractivity contribution is 8.18. The van der Waals surface area contributed by atoms with E-state index in [1.807, 2.05) is 73.8 Å². The number of thioether (sulfide) groups is 1. The molecule has 3 heterocycles. The molecule has 8 heteroatoms. The van der Waals surface area contributed by atoms with Crippen LogP contribution in [0.5, 0.6) is 0 Å². The third-order valence-corrected chi connectivity index (χ3v) is 7.79. The second-order valence-electron chi connectivity index (χ2n) is 9.44. The molecule has 0 atom stereocenters. The molecular formula is C32H25N3O4S. The van der Waals surface area contributed by atoms with Gasteiger partial charge in [0.1, 0.15) is 11.5 Å². The van der Waals surface area contributed by atoms with Gasteiger partial charge in [0.2, 0.25) is 0 Å². The van der Waals surface area contributed by atoms with Crippen LogP contribution in [-0.4, -0.2) is 38.6 Å². The topological polar surface area (TPSA) is 98.9 Å². The molecule has 198 valence electrons. The number of aromatic nitrogens is 1. The Labute approximate surface area is 234 Å². The van der Waals surface area contributed by atoms with E-state index in [0.717, 1.165) is 33.3 Å². The number of aromatic amines is 1. The van der Waals surface area contributed by atoms with Gasteiger partial charge in [0.15, 0.2) is 5.17 Å². The van der Waals surface area contributed by atoms with Crippen LogP contribution in [0.2, 0.25) is 0 Å². The molecule has 2 aromatic heterocycles. The molecule has 0 bridgehead atoms. The van der Waals surface area contributed by atoms with E-state index in [1.54, 1.807) is 29.2 Å². The van der Waals surface area contributed by atoms with Crippen molar-refractivity contribution in [3.63, 3.8) is 0 Å². The predicted molar refractivity (Wildman–Crippen MR) is 159 cm³/mol. The second kappa shape index (κ2) is 10.7. The monoisotopic (exact) mass is 547 g/mol. The zero-order valence-electron chi connectivity index (χ0n) is 21.6. The Kier molecular flexibility index (Phi) is 6.84. The van der Waals surface area contributed by atoms with Gasteiger partial charge in [-0.1, -0.05) is 42.5 Å². The van der Waals surface area contributed by atoms with E-state index in [4.69, 9.17) is 9.41 Å². The third-order valence-electron chi connectivity index (χ3n) is 6.79. The van der Waals surface area contributed by atoms with Crippen LogP contribution in [0.4, 0.5) is 5.69 Å². The highest BCUT2D eigenvalue weighted by Crippen LogP contribution is 2.36. The number of carbonyl (C=O) groups excluding carboxylic acids is 1. The molecule has 1 aliphatic heterocycles. The number of aromatic carboxylic acids is 1. The van der Waals surface area contributed by atoms with Crippen LogP contribution >= 0.6 is 11.8 Å². The van der Waals surface area contributed by atoms with Gasteiger partial charge < -0.3 is 14.5 Å². The molecule has 1 aliphatic rings. The number of amides is 1. The molecule has 0 unspecified atom stereocenters. The third kappa shape index (κ3) is 5.09. The van der Waals surface area contributed by atoms with Gasteiger partial charge in [0.05, 0.1) is 16.2 Å². The molecule has 40 heavy (non-hydrogen) atoms. The van der Waals surface area contributed by atoms with Crippen molar-refractivity contribution in [2.75, 3.05) is 6.54 Å². The lowest BCUT2D eigenvalue weighted by Gasteiger charge is -2.15. The number of fused-ring (bicyclic) bond motifs is 1. The number of H-pyrrole nitrogens is 1. The number of benzene rings is 3. The number of aliphatic imine (C=N–C) groups is 1. The van der Waals surface area contributed by atoms with E-state index in [0.29, 0.717) is 34.6 Å². The number of rotatable bonds is 7. The first-order chi connectivity index (χ1) is 19.5. The molecular weight excluding hydrogens is 522 g/mol. The fraction of sp³-hybridized carbons (Fsp3) is 0.0938. The molecule has 0 saturated carbocycles. The normalized spacial score (nSPS) is 15.5. The van der Waals surface area contributed by atoms with Crippen molar-refractivity contribution in [2.45, 2.75) is 13.3 Å². The standard InChI is InChI=1S/C32H25N3O4S/c1-20-17-21(31(37)38)11-13-25(20)28-14-12-24(39-28)18-29-30(36)35(32(40-29)34-23-7-3-2-4-8-23)16-15-22-19-33-27-10-6-5-9-26(22)27/h2-14,17-19,33H,15-16H2,1H3,(H,37,38)/b29-18-,34-32?. The number of carboxylic acid groups (broad SMARTS) is 1. The highest BCUT2D eigenvalue weighted by atomic mass is 32.2. The van der Waals surface area contributed by atoms with Crippen molar-refractivity contribution >= 4 is 51.5 Å². The zero-order valence-corrected chi connectivity index (χ0v) is 22.4. The Balaban J connectivity index is 1.28. The van der Waals surface area contributed by atoms with Crippen molar-refractivity contribution in [1.29, 1.82) is 0 Å². The Morgan fingerprint density at radius 2 is 1.85 bits per heavy atom. The summed E-state index contributed by atoms with van der Waals surface area (Å²) in [5.74, 6) is 0.0363. The average Bonchev–Trinajstić information content (AvgIpc) is 3.66. The average molecular weight is 548 g/mol. The van der Waals surface area contributed by atoms with Gasteiger partial charge in [-0.2, -0.15) is 0 Å². The van der Waals surface area contributed by atoms with Gasteiger partial charge in [-0.3, -0.25) is 9.69 Å². The first kappa shape index (κ1) is 25.5. The molecule has 7 nitrogen and oxygen atoms in total. The number of para-hydroxylation sites is 2. The first-order valence-corrected chi connectivity index (χ1v) is 13.6. The molecule has 0 radical (unpaired) electrons. The van der Waals surface area contributed by atoms with Gasteiger partial charge in [-0.05, 0) is 78.7 Å². The number of amidine groups is 1. The van der Waals surface area contributed by atoms with Crippen molar-refractivity contribution in [3.05, 3.63) is 118 Å². The van der Waals surface area contributed by atoms with Crippen LogP contribution in [0.1, 0.15) is 27.2 Å². The summed E-state index contributed by atoms with van der Waals surface area (Å²) in [4.78, 5) is 35.2. The van der Waals surface area contributed by atoms with Gasteiger partial charge in [-0.15, -0.1) is 0 Å². The lowest BCUT2D eigenvalue weighted by molar-refractivity contribution is -0.122. The maximum Gasteiger partial charge on any atom is 0.335 e. The minimum atomic E-state index is -0.974. The summed E-state index contributed by atoms with van der Waals surface area (Å²) < 4.78 is 6.07. The molecule has 1 saturated heterocycles. The van der Waals surface area contributed by atoms with E-state index >= 15 is 0 Å². The Morgan fingerprint density at radius 1 is 1.05 bits per heavy atom. The lowest BCUT2D eigenvalue weighted by Crippen LogP contribution is -2.31. The minimum Gasteiger partial charge on any atom is -0.478 e. The Hall–Kier alpha value is -4.82. The number of carbonyl (C=O) groups is 2. The molecule has 0 aliphatic carbocycles. The van der Waals surface area contributed by atoms with Crippen LogP contribution in [0.25, 0.3) is 28.3 Å². The molecule has 1 amide bonds. The number of hydrogen-bond acceptors (Lipinski definition) is 5. The molecule has 5 aromatic rings. The molecule has 0 spiro atoms. The van der Waals surface area contributed by atoms with Gasteiger partial charge in [0.25, 0.3) is 5.91 Å². The molecule has 6 rings (SSSR count). The van der Waals surface area contributed by atoms with Crippen molar-refractivity contribution in [2.24, 2.45) is 4.99 Å². The van der Waals surface area contributed by atoms with Gasteiger partial charge in [-0.25, -0.2) is 9.79 Å². The smallest absolute Gasteiger partial charge is 0.335 e. The SMILES string of the molecule is Cc1cc(C(=O)O)ccc1-c1ccc(/C=C2\SC(=Nc3ccccc3)N(CCc3c[nH]c4ccccc34)C2=O)o1. The summed E-state index contributed by atoms with van der Waals surface area (Å²) >= 11 is 1.33. The Morgan fingerprint density at radius 3 is 2.65 bits per heavy atom. The summed E-state index contributed by atoms with van der Waals surface area (Å²) in [6, 6.07) is 26.3. The van der Waals surface area contributed by atoms with Gasteiger partial charge in [0, 0.05) is 35.3 Å². The summed E-state index contributed by atoms with van der Waals surface area (Å²) in [7, 11) is 0. The van der Waals surface area contributed by atoms with E-state index in [2.05, 4.69) is 11.1 Å². The van der Waals surface area contributed by atoms with E-state index in [9.17, 15) is 14.7 Å². The second-order valence-corrected chi connectivity index (χ2v) is 10.5. The van der Waals surface area contributed by atoms with Crippen LogP contribution in [0, 0.1) is 6.92 Å². The quantitative estimate of drug-likeness (QED) is 0.209. The maximum atomic E-state index is 13.6. The van der Waals surface area contributed by atoms with E-state index < -0.39 is 5.97 Å². The minimum absolute atomic E-state index is 0.125. The summed E-state index contributed by atoms with van der Waals surface area (Å²) in [6.07, 6.45) is 4.41. The summed E-state index contributed by atoms with van der Waals surface area (Å²) in [6.45, 7) is 2.33. The van der Waals surface area contributed by atoms with Crippen LogP contribution in [0.15, 0.2) is 105 Å². The fourth-order valence-electron chi connectivity index (χ4n) is 4.75. The predicted octanol–water partition coefficient (Wildman–Crippen LogP) is 7.28. The number of furan rings is 1. The largest absolute Gasteiger partial charge is 0.478 e. The van der Waals surface area contributed by atoms with Crippen molar-refractivity contribution in [1.82, 2.24) is 9.88 Å². The Bertz CT molecular complexity index is 1800. The van der Waals surface area contributed by atoms with E-state index in [-0.39, 0.29) is 11.5 Å². The summed E-state index contributed by atoms with van der Waals surface area (Å²) in [5.41, 5.74) is 4.80. The first-order valence-electron chi connectivity index (χ1n) is 12.8. The van der Waals surface area contributed by atoms with Crippen molar-refractivity contribution < 1.29 is 19.1 Å². The highest BCUT2D eigenvalue weighted by Gasteiger charge is 2.33. The zero-order chi connectivity index (χ0) is 27.6. The van der Waals surface area contributed by atoms with E-state index in [1.165, 1.54) is 11.8 Å². The van der Waals surface area contributed by atoms with Crippen LogP contribution in [0.3, 0.4) is 0 Å². The number of nitrogens with zero attached hydrogens (tertiary/aromatic N) is 2. The fourth-order valence-corrected chi connectivity index (χ4v) is 5.75. The van der Waals surface area contributed by atoms with Crippen LogP contribution in [-0.2, 0) is 11.2 Å². The van der Waals surface area contributed by atoms with Crippen molar-refractivity contribution in [3.8, 4) is 11.3 Å². The molecule has 3 aromatic carbocycles. The molecule has 1 fully saturated rings. The van der Waals surface area contributed by atoms with Gasteiger partial charge >= 0.3 is 5.97 Å². The maximum absolute atomic E-state index is 13.6. The lowest BCUT2D eigenvalue weighted by atomic mass is 10.0. The summed E-state index contributed by atoms with van der Waals surface area (Å²) in [5, 5.41) is 11.0. The molecule has 2 N–H and O–H groups in total. The number of aryl methyl sites for hydroxylation is 1. The number of hydrogen-bond donors (Lipinski definition) is 2. The van der Waals surface area contributed by atoms with Crippen LogP contribution < -0.4 is 0 Å². The number of carboxylic acids is 1. The number of nitrogens with one attached hydrogen (secondary N) is 1.